The van der Waals surface area contributed by atoms with Gasteiger partial charge >= 0.3 is 5.97 Å². The van der Waals surface area contributed by atoms with Gasteiger partial charge in [-0.3, -0.25) is 4.79 Å². The summed E-state index contributed by atoms with van der Waals surface area (Å²) in [5.41, 5.74) is 6.27. The van der Waals surface area contributed by atoms with Gasteiger partial charge < -0.3 is 10.8 Å². The highest BCUT2D eigenvalue weighted by Gasteiger charge is 2.29. The standard InChI is InChI=1S/C12H16ClNO2/c1-12(2,14)10(7-11(15)16)8-4-3-5-9(13)6-8/h3-6,10H,7,14H2,1-2H3,(H,15,16). The van der Waals surface area contributed by atoms with E-state index in [0.717, 1.165) is 5.56 Å². The molecule has 0 spiro atoms. The Hall–Kier alpha value is -1.06. The molecule has 1 aromatic carbocycles. The van der Waals surface area contributed by atoms with Gasteiger partial charge in [0.05, 0.1) is 6.42 Å². The van der Waals surface area contributed by atoms with Crippen molar-refractivity contribution in [3.63, 3.8) is 0 Å². The second-order valence-corrected chi connectivity index (χ2v) is 4.96. The number of aliphatic carboxylic acids is 1. The lowest BCUT2D eigenvalue weighted by Gasteiger charge is -2.30. The minimum absolute atomic E-state index is 0.00381. The zero-order chi connectivity index (χ0) is 12.3. The minimum atomic E-state index is -0.858. The summed E-state index contributed by atoms with van der Waals surface area (Å²) in [7, 11) is 0. The molecule has 0 aromatic heterocycles. The van der Waals surface area contributed by atoms with Crippen molar-refractivity contribution in [2.24, 2.45) is 5.73 Å². The number of benzene rings is 1. The molecule has 16 heavy (non-hydrogen) atoms. The lowest BCUT2D eigenvalue weighted by molar-refractivity contribution is -0.137. The van der Waals surface area contributed by atoms with E-state index in [4.69, 9.17) is 22.4 Å². The highest BCUT2D eigenvalue weighted by Crippen LogP contribution is 2.30. The van der Waals surface area contributed by atoms with Crippen LogP contribution in [0.1, 0.15) is 31.7 Å². The number of nitrogens with two attached hydrogens (primary N) is 1. The molecule has 0 aliphatic rings. The van der Waals surface area contributed by atoms with Gasteiger partial charge in [0.15, 0.2) is 0 Å². The van der Waals surface area contributed by atoms with Crippen molar-refractivity contribution >= 4 is 17.6 Å². The Kier molecular flexibility index (Phi) is 3.94. The monoisotopic (exact) mass is 241 g/mol. The van der Waals surface area contributed by atoms with Crippen molar-refractivity contribution < 1.29 is 9.90 Å². The molecule has 1 rings (SSSR count). The normalized spacial score (nSPS) is 13.5. The molecule has 0 saturated carbocycles. The van der Waals surface area contributed by atoms with E-state index in [1.165, 1.54) is 0 Å². The molecule has 4 heteroatoms. The molecule has 1 aromatic rings. The molecule has 3 nitrogen and oxygen atoms in total. The average Bonchev–Trinajstić information content (AvgIpc) is 2.12. The first-order chi connectivity index (χ1) is 7.30. The van der Waals surface area contributed by atoms with Crippen molar-refractivity contribution in [2.45, 2.75) is 31.7 Å². The summed E-state index contributed by atoms with van der Waals surface area (Å²) in [4.78, 5) is 10.8. The van der Waals surface area contributed by atoms with E-state index in [0.29, 0.717) is 5.02 Å². The molecule has 0 bridgehead atoms. The smallest absolute Gasteiger partial charge is 0.304 e. The molecule has 1 unspecified atom stereocenters. The molecule has 0 aliphatic carbocycles. The van der Waals surface area contributed by atoms with Crippen LogP contribution in [0.5, 0.6) is 0 Å². The van der Waals surface area contributed by atoms with Crippen LogP contribution in [-0.2, 0) is 4.79 Å². The van der Waals surface area contributed by atoms with E-state index in [1.807, 2.05) is 19.9 Å². The molecule has 0 heterocycles. The third-order valence-corrected chi connectivity index (χ3v) is 2.76. The van der Waals surface area contributed by atoms with Gasteiger partial charge in [-0.25, -0.2) is 0 Å². The predicted molar refractivity (Wildman–Crippen MR) is 64.7 cm³/mol. The Labute approximate surface area is 100 Å². The van der Waals surface area contributed by atoms with Crippen molar-refractivity contribution in [3.05, 3.63) is 34.9 Å². The highest BCUT2D eigenvalue weighted by atomic mass is 35.5. The fourth-order valence-electron chi connectivity index (χ4n) is 1.71. The predicted octanol–water partition coefficient (Wildman–Crippen LogP) is 2.64. The summed E-state index contributed by atoms with van der Waals surface area (Å²) < 4.78 is 0. The van der Waals surface area contributed by atoms with Crippen LogP contribution in [0.2, 0.25) is 5.02 Å². The zero-order valence-corrected chi connectivity index (χ0v) is 10.2. The van der Waals surface area contributed by atoms with Crippen LogP contribution in [0.15, 0.2) is 24.3 Å². The fourth-order valence-corrected chi connectivity index (χ4v) is 1.91. The van der Waals surface area contributed by atoms with E-state index in [1.54, 1.807) is 18.2 Å². The molecule has 0 aliphatic heterocycles. The van der Waals surface area contributed by atoms with Crippen LogP contribution in [-0.4, -0.2) is 16.6 Å². The second kappa shape index (κ2) is 4.85. The summed E-state index contributed by atoms with van der Waals surface area (Å²) in [5, 5.41) is 9.48. The molecule has 88 valence electrons. The number of carboxylic acid groups (broad SMARTS) is 1. The van der Waals surface area contributed by atoms with Crippen LogP contribution in [0, 0.1) is 0 Å². The highest BCUT2D eigenvalue weighted by molar-refractivity contribution is 6.30. The van der Waals surface area contributed by atoms with Gasteiger partial charge in [-0.2, -0.15) is 0 Å². The molecule has 1 atom stereocenters. The Morgan fingerprint density at radius 3 is 2.62 bits per heavy atom. The van der Waals surface area contributed by atoms with Gasteiger partial charge in [0.1, 0.15) is 0 Å². The van der Waals surface area contributed by atoms with E-state index in [9.17, 15) is 4.79 Å². The number of carboxylic acids is 1. The molecule has 0 amide bonds. The fraction of sp³-hybridized carbons (Fsp3) is 0.417. The van der Waals surface area contributed by atoms with Crippen LogP contribution in [0.3, 0.4) is 0 Å². The van der Waals surface area contributed by atoms with Gasteiger partial charge in [0, 0.05) is 16.5 Å². The Morgan fingerprint density at radius 2 is 2.19 bits per heavy atom. The first kappa shape index (κ1) is 13.0. The summed E-state index contributed by atoms with van der Waals surface area (Å²) in [6.45, 7) is 3.64. The summed E-state index contributed by atoms with van der Waals surface area (Å²) in [6.07, 6.45) is 0.00381. The van der Waals surface area contributed by atoms with Crippen molar-refractivity contribution in [2.75, 3.05) is 0 Å². The van der Waals surface area contributed by atoms with Crippen molar-refractivity contribution in [1.29, 1.82) is 0 Å². The Balaban J connectivity index is 3.06. The van der Waals surface area contributed by atoms with Gasteiger partial charge in [-0.1, -0.05) is 23.7 Å². The van der Waals surface area contributed by atoms with Crippen LogP contribution >= 0.6 is 11.6 Å². The molecule has 0 fully saturated rings. The maximum absolute atomic E-state index is 10.8. The molecule has 0 radical (unpaired) electrons. The molecular formula is C12H16ClNO2. The van der Waals surface area contributed by atoms with Crippen LogP contribution in [0.4, 0.5) is 0 Å². The van der Waals surface area contributed by atoms with Crippen LogP contribution < -0.4 is 5.73 Å². The van der Waals surface area contributed by atoms with Crippen molar-refractivity contribution in [1.82, 2.24) is 0 Å². The lowest BCUT2D eigenvalue weighted by Crippen LogP contribution is -2.40. The Morgan fingerprint density at radius 1 is 1.56 bits per heavy atom. The molecule has 3 N–H and O–H groups in total. The van der Waals surface area contributed by atoms with E-state index >= 15 is 0 Å². The first-order valence-electron chi connectivity index (χ1n) is 5.07. The second-order valence-electron chi connectivity index (χ2n) is 4.53. The third-order valence-electron chi connectivity index (χ3n) is 2.53. The van der Waals surface area contributed by atoms with Gasteiger partial charge in [-0.15, -0.1) is 0 Å². The number of carbonyl (C=O) groups is 1. The quantitative estimate of drug-likeness (QED) is 0.852. The number of hydrogen-bond donors (Lipinski definition) is 2. The Bertz CT molecular complexity index is 385. The number of hydrogen-bond acceptors (Lipinski definition) is 2. The average molecular weight is 242 g/mol. The maximum Gasteiger partial charge on any atom is 0.304 e. The zero-order valence-electron chi connectivity index (χ0n) is 9.40. The summed E-state index contributed by atoms with van der Waals surface area (Å²) in [6, 6.07) is 7.18. The van der Waals surface area contributed by atoms with E-state index < -0.39 is 11.5 Å². The van der Waals surface area contributed by atoms with Gasteiger partial charge in [0.2, 0.25) is 0 Å². The van der Waals surface area contributed by atoms with E-state index in [-0.39, 0.29) is 12.3 Å². The number of halogens is 1. The maximum atomic E-state index is 10.8. The summed E-state index contributed by atoms with van der Waals surface area (Å²) in [5.74, 6) is -1.10. The molecule has 0 saturated heterocycles. The summed E-state index contributed by atoms with van der Waals surface area (Å²) >= 11 is 5.89. The topological polar surface area (TPSA) is 63.3 Å². The number of rotatable bonds is 4. The third kappa shape index (κ3) is 3.51. The lowest BCUT2D eigenvalue weighted by atomic mass is 9.80. The first-order valence-corrected chi connectivity index (χ1v) is 5.44. The van der Waals surface area contributed by atoms with Crippen molar-refractivity contribution in [3.8, 4) is 0 Å². The largest absolute Gasteiger partial charge is 0.481 e. The SMILES string of the molecule is CC(C)(N)C(CC(=O)O)c1cccc(Cl)c1. The molecular weight excluding hydrogens is 226 g/mol. The van der Waals surface area contributed by atoms with Crippen LogP contribution in [0.25, 0.3) is 0 Å². The van der Waals surface area contributed by atoms with E-state index in [2.05, 4.69) is 0 Å². The van der Waals surface area contributed by atoms with Gasteiger partial charge in [0.25, 0.3) is 0 Å². The van der Waals surface area contributed by atoms with Gasteiger partial charge in [-0.05, 0) is 31.5 Å². The minimum Gasteiger partial charge on any atom is -0.481 e.